The molecule has 1 rings (SSSR count). The zero-order valence-electron chi connectivity index (χ0n) is 7.91. The predicted molar refractivity (Wildman–Crippen MR) is 57.5 cm³/mol. The molecule has 1 aromatic rings. The number of allylic oxidation sites excluding steroid dienone is 1. The van der Waals surface area contributed by atoms with Crippen molar-refractivity contribution >= 4 is 22.4 Å². The highest BCUT2D eigenvalue weighted by atomic mass is 35.5. The Morgan fingerprint density at radius 2 is 1.87 bits per heavy atom. The van der Waals surface area contributed by atoms with Crippen LogP contribution in [0, 0.1) is 6.92 Å². The minimum Gasteiger partial charge on any atom is -0.250 e. The molecule has 0 saturated carbocycles. The standard InChI is InChI=1S/C10H9ClF2OS/c1-8-2-4-9(5-3-8)15(14)7-6-10(11,12)13/h2-7H,1H3/b7-6+. The lowest BCUT2D eigenvalue weighted by atomic mass is 10.2. The van der Waals surface area contributed by atoms with Crippen LogP contribution >= 0.6 is 11.6 Å². The van der Waals surface area contributed by atoms with Gasteiger partial charge >= 0.3 is 5.38 Å². The Morgan fingerprint density at radius 1 is 1.33 bits per heavy atom. The number of alkyl halides is 3. The van der Waals surface area contributed by atoms with Gasteiger partial charge in [0.2, 0.25) is 0 Å². The molecule has 0 aliphatic rings. The summed E-state index contributed by atoms with van der Waals surface area (Å²) >= 11 is 4.64. The molecule has 0 radical (unpaired) electrons. The minimum atomic E-state index is -3.44. The van der Waals surface area contributed by atoms with Gasteiger partial charge in [-0.3, -0.25) is 0 Å². The highest BCUT2D eigenvalue weighted by Crippen LogP contribution is 2.21. The van der Waals surface area contributed by atoms with E-state index in [0.717, 1.165) is 11.0 Å². The first kappa shape index (κ1) is 12.3. The average Bonchev–Trinajstić information content (AvgIpc) is 2.14. The second-order valence-corrected chi connectivity index (χ2v) is 4.80. The molecule has 15 heavy (non-hydrogen) atoms. The first-order chi connectivity index (χ1) is 6.88. The lowest BCUT2D eigenvalue weighted by molar-refractivity contribution is 0.153. The molecule has 0 aromatic heterocycles. The molecule has 0 bridgehead atoms. The number of hydrogen-bond donors (Lipinski definition) is 0. The van der Waals surface area contributed by atoms with E-state index in [9.17, 15) is 13.0 Å². The second kappa shape index (κ2) is 4.86. The van der Waals surface area contributed by atoms with E-state index in [1.54, 1.807) is 24.3 Å². The summed E-state index contributed by atoms with van der Waals surface area (Å²) in [5.74, 6) is 0. The Morgan fingerprint density at radius 3 is 2.33 bits per heavy atom. The summed E-state index contributed by atoms with van der Waals surface area (Å²) in [4.78, 5) is 0.470. The van der Waals surface area contributed by atoms with E-state index in [1.165, 1.54) is 0 Å². The van der Waals surface area contributed by atoms with Gasteiger partial charge in [0.1, 0.15) is 0 Å². The van der Waals surface area contributed by atoms with Crippen molar-refractivity contribution in [2.45, 2.75) is 17.2 Å². The highest BCUT2D eigenvalue weighted by molar-refractivity contribution is 7.88. The van der Waals surface area contributed by atoms with Crippen molar-refractivity contribution in [3.05, 3.63) is 41.3 Å². The fraction of sp³-hybridized carbons (Fsp3) is 0.200. The van der Waals surface area contributed by atoms with E-state index >= 15 is 0 Å². The highest BCUT2D eigenvalue weighted by Gasteiger charge is 2.19. The van der Waals surface area contributed by atoms with E-state index in [2.05, 4.69) is 11.6 Å². The summed E-state index contributed by atoms with van der Waals surface area (Å²) in [6, 6.07) is 6.78. The molecule has 0 aliphatic heterocycles. The van der Waals surface area contributed by atoms with Crippen LogP contribution < -0.4 is 0 Å². The van der Waals surface area contributed by atoms with Crippen molar-refractivity contribution in [2.24, 2.45) is 0 Å². The van der Waals surface area contributed by atoms with E-state index in [0.29, 0.717) is 11.0 Å². The molecular weight excluding hydrogens is 242 g/mol. The van der Waals surface area contributed by atoms with Gasteiger partial charge in [-0.15, -0.1) is 0 Å². The van der Waals surface area contributed by atoms with E-state index in [1.807, 2.05) is 6.92 Å². The maximum atomic E-state index is 12.2. The maximum Gasteiger partial charge on any atom is 0.342 e. The van der Waals surface area contributed by atoms with Gasteiger partial charge in [-0.2, -0.15) is 8.78 Å². The van der Waals surface area contributed by atoms with Gasteiger partial charge in [-0.25, -0.2) is 4.21 Å². The quantitative estimate of drug-likeness (QED) is 0.751. The summed E-state index contributed by atoms with van der Waals surface area (Å²) < 4.78 is 35.8. The summed E-state index contributed by atoms with van der Waals surface area (Å²) in [6.45, 7) is 1.88. The van der Waals surface area contributed by atoms with Crippen molar-refractivity contribution in [3.8, 4) is 0 Å². The van der Waals surface area contributed by atoms with Crippen molar-refractivity contribution in [2.75, 3.05) is 0 Å². The zero-order chi connectivity index (χ0) is 11.5. The van der Waals surface area contributed by atoms with Gasteiger partial charge in [-0.05, 0) is 30.7 Å². The Kier molecular flexibility index (Phi) is 3.99. The van der Waals surface area contributed by atoms with Crippen molar-refractivity contribution in [1.29, 1.82) is 0 Å². The number of benzene rings is 1. The molecule has 0 spiro atoms. The molecule has 0 fully saturated rings. The zero-order valence-corrected chi connectivity index (χ0v) is 9.49. The van der Waals surface area contributed by atoms with Gasteiger partial charge in [0.25, 0.3) is 0 Å². The largest absolute Gasteiger partial charge is 0.342 e. The molecular formula is C10H9ClF2OS. The van der Waals surface area contributed by atoms with Gasteiger partial charge in [0.15, 0.2) is 0 Å². The molecule has 0 amide bonds. The van der Waals surface area contributed by atoms with Gasteiger partial charge in [0.05, 0.1) is 10.8 Å². The van der Waals surface area contributed by atoms with Gasteiger partial charge < -0.3 is 0 Å². The van der Waals surface area contributed by atoms with Crippen LogP contribution in [-0.4, -0.2) is 9.59 Å². The lowest BCUT2D eigenvalue weighted by Gasteiger charge is -2.00. The fourth-order valence-corrected chi connectivity index (χ4v) is 1.88. The Labute approximate surface area is 94.2 Å². The molecule has 0 saturated heterocycles. The van der Waals surface area contributed by atoms with Crippen LogP contribution in [0.2, 0.25) is 0 Å². The Hall–Kier alpha value is -0.740. The minimum absolute atomic E-state index is 0.421. The summed E-state index contributed by atoms with van der Waals surface area (Å²) in [5, 5.41) is -2.56. The summed E-state index contributed by atoms with van der Waals surface area (Å²) in [6.07, 6.45) is 0.421. The van der Waals surface area contributed by atoms with Crippen molar-refractivity contribution < 1.29 is 13.0 Å². The Bertz CT molecular complexity index is 381. The molecule has 5 heteroatoms. The number of halogens is 3. The third-order valence-corrected chi connectivity index (χ3v) is 2.88. The van der Waals surface area contributed by atoms with Gasteiger partial charge in [0, 0.05) is 16.4 Å². The molecule has 1 unspecified atom stereocenters. The van der Waals surface area contributed by atoms with Gasteiger partial charge in [-0.1, -0.05) is 17.7 Å². The number of hydrogen-bond acceptors (Lipinski definition) is 1. The second-order valence-electron chi connectivity index (χ2n) is 2.95. The molecule has 1 nitrogen and oxygen atoms in total. The lowest BCUT2D eigenvalue weighted by Crippen LogP contribution is -1.99. The normalized spacial score (nSPS) is 14.4. The van der Waals surface area contributed by atoms with Crippen LogP contribution in [0.15, 0.2) is 40.6 Å². The fourth-order valence-electron chi connectivity index (χ4n) is 0.890. The van der Waals surface area contributed by atoms with E-state index in [-0.39, 0.29) is 0 Å². The van der Waals surface area contributed by atoms with Crippen LogP contribution in [0.3, 0.4) is 0 Å². The van der Waals surface area contributed by atoms with Crippen LogP contribution in [0.1, 0.15) is 5.56 Å². The summed E-state index contributed by atoms with van der Waals surface area (Å²) in [5.41, 5.74) is 1.02. The third-order valence-electron chi connectivity index (χ3n) is 1.63. The molecule has 1 atom stereocenters. The molecule has 82 valence electrons. The first-order valence-electron chi connectivity index (χ1n) is 4.12. The smallest absolute Gasteiger partial charge is 0.250 e. The monoisotopic (exact) mass is 250 g/mol. The Balaban J connectivity index is 2.78. The van der Waals surface area contributed by atoms with Crippen LogP contribution in [0.5, 0.6) is 0 Å². The third kappa shape index (κ3) is 4.53. The molecule has 0 heterocycles. The van der Waals surface area contributed by atoms with Crippen LogP contribution in [0.4, 0.5) is 8.78 Å². The molecule has 0 N–H and O–H groups in total. The van der Waals surface area contributed by atoms with Crippen molar-refractivity contribution in [3.63, 3.8) is 0 Å². The predicted octanol–water partition coefficient (Wildman–Crippen LogP) is 3.45. The average molecular weight is 251 g/mol. The SMILES string of the molecule is Cc1ccc(S(=O)/C=C/C(F)(F)Cl)cc1. The van der Waals surface area contributed by atoms with Crippen LogP contribution in [-0.2, 0) is 10.8 Å². The maximum absolute atomic E-state index is 12.2. The molecule has 0 aliphatic carbocycles. The molecule has 1 aromatic carbocycles. The van der Waals surface area contributed by atoms with Crippen molar-refractivity contribution in [1.82, 2.24) is 0 Å². The summed E-state index contributed by atoms with van der Waals surface area (Å²) in [7, 11) is -1.58. The number of aryl methyl sites for hydroxylation is 1. The van der Waals surface area contributed by atoms with Crippen LogP contribution in [0.25, 0.3) is 0 Å². The topological polar surface area (TPSA) is 17.1 Å². The first-order valence-corrected chi connectivity index (χ1v) is 5.71. The number of rotatable bonds is 3. The van der Waals surface area contributed by atoms with E-state index < -0.39 is 16.2 Å². The van der Waals surface area contributed by atoms with E-state index in [4.69, 9.17) is 0 Å².